The van der Waals surface area contributed by atoms with Crippen molar-refractivity contribution in [2.75, 3.05) is 34.2 Å². The molecule has 2 aliphatic rings. The van der Waals surface area contributed by atoms with Gasteiger partial charge in [0.15, 0.2) is 0 Å². The summed E-state index contributed by atoms with van der Waals surface area (Å²) < 4.78 is 29.6. The van der Waals surface area contributed by atoms with E-state index in [1.54, 1.807) is 30.7 Å². The molecule has 1 aliphatic carbocycles. The van der Waals surface area contributed by atoms with Gasteiger partial charge >= 0.3 is 0 Å². The van der Waals surface area contributed by atoms with Crippen LogP contribution in [0.5, 0.6) is 0 Å². The van der Waals surface area contributed by atoms with E-state index in [-0.39, 0.29) is 4.90 Å². The van der Waals surface area contributed by atoms with Crippen molar-refractivity contribution in [3.05, 3.63) is 54.1 Å². The summed E-state index contributed by atoms with van der Waals surface area (Å²) in [6, 6.07) is 5.35. The second-order valence-corrected chi connectivity index (χ2v) is 10.3. The van der Waals surface area contributed by atoms with Crippen LogP contribution in [0.15, 0.2) is 47.9 Å². The quantitative estimate of drug-likeness (QED) is 0.649. The van der Waals surface area contributed by atoms with Crippen molar-refractivity contribution in [3.8, 4) is 5.95 Å². The molecule has 10 heteroatoms. The Morgan fingerprint density at radius 2 is 1.77 bits per heavy atom. The Hall–Kier alpha value is -2.59. The Morgan fingerprint density at radius 3 is 2.57 bits per heavy atom. The highest BCUT2D eigenvalue weighted by atomic mass is 32.2. The van der Waals surface area contributed by atoms with Crippen LogP contribution in [0.25, 0.3) is 5.95 Å². The van der Waals surface area contributed by atoms with Crippen molar-refractivity contribution in [1.82, 2.24) is 19.7 Å². The molecule has 1 saturated heterocycles. The summed E-state index contributed by atoms with van der Waals surface area (Å²) in [5, 5.41) is 4.21. The predicted octanol–water partition coefficient (Wildman–Crippen LogP) is 2.51. The third-order valence-electron chi connectivity index (χ3n) is 5.42. The molecule has 0 saturated carbocycles. The first-order valence-corrected chi connectivity index (χ1v) is 12.6. The Balaban J connectivity index is 1.31. The summed E-state index contributed by atoms with van der Waals surface area (Å²) in [5.74, 6) is 2.61. The molecular weight excluding hydrogens is 420 g/mol. The molecule has 0 amide bonds. The number of aromatic nitrogens is 4. The van der Waals surface area contributed by atoms with E-state index in [0.717, 1.165) is 55.1 Å². The maximum Gasteiger partial charge on any atom is 0.262 e. The van der Waals surface area contributed by atoms with Crippen LogP contribution < -0.4 is 9.62 Å². The molecule has 1 N–H and O–H groups in total. The maximum atomic E-state index is 12.8. The lowest BCUT2D eigenvalue weighted by Gasteiger charge is -2.27. The minimum atomic E-state index is -3.68. The lowest BCUT2D eigenvalue weighted by Crippen LogP contribution is -2.32. The number of hydrogen-bond acceptors (Lipinski definition) is 7. The van der Waals surface area contributed by atoms with Gasteiger partial charge < -0.3 is 4.90 Å². The van der Waals surface area contributed by atoms with Crippen LogP contribution in [0.2, 0.25) is 0 Å². The molecular formula is C20H22N6O2S2. The Kier molecular flexibility index (Phi) is 5.11. The fraction of sp³-hybridized carbons (Fsp3) is 0.350. The standard InChI is InChI=1S/C20H22N6O2S2/c27-30(28,19-5-4-15-2-1-3-16(15)10-19)24-17-11-23-26(14-17)20-21-12-18(13-22-20)25-6-8-29-9-7-25/h4-5,10-14,24H,1-3,6-9H2. The number of benzene rings is 1. The molecule has 0 radical (unpaired) electrons. The molecule has 2 aromatic heterocycles. The molecule has 0 atom stereocenters. The molecule has 1 aliphatic heterocycles. The normalized spacial score (nSPS) is 16.5. The minimum absolute atomic E-state index is 0.274. The van der Waals surface area contributed by atoms with Gasteiger partial charge in [-0.2, -0.15) is 16.9 Å². The van der Waals surface area contributed by atoms with Gasteiger partial charge in [-0.05, 0) is 42.5 Å². The summed E-state index contributed by atoms with van der Waals surface area (Å²) in [6.07, 6.45) is 9.64. The van der Waals surface area contributed by atoms with Crippen LogP contribution in [-0.2, 0) is 22.9 Å². The molecule has 0 unspecified atom stereocenters. The van der Waals surface area contributed by atoms with E-state index in [4.69, 9.17) is 0 Å². The van der Waals surface area contributed by atoms with Gasteiger partial charge in [-0.25, -0.2) is 23.1 Å². The number of rotatable bonds is 5. The molecule has 1 aromatic carbocycles. The van der Waals surface area contributed by atoms with Crippen molar-refractivity contribution in [2.45, 2.75) is 24.2 Å². The van der Waals surface area contributed by atoms with E-state index < -0.39 is 10.0 Å². The van der Waals surface area contributed by atoms with Crippen LogP contribution in [0.3, 0.4) is 0 Å². The first kappa shape index (κ1) is 19.4. The Bertz CT molecular complexity index is 1150. The van der Waals surface area contributed by atoms with Crippen LogP contribution in [-0.4, -0.2) is 52.8 Å². The van der Waals surface area contributed by atoms with Gasteiger partial charge in [0.05, 0.1) is 41.1 Å². The number of anilines is 2. The van der Waals surface area contributed by atoms with Crippen LogP contribution in [0.1, 0.15) is 17.5 Å². The van der Waals surface area contributed by atoms with Gasteiger partial charge in [0.25, 0.3) is 16.0 Å². The number of fused-ring (bicyclic) bond motifs is 1. The maximum absolute atomic E-state index is 12.8. The second-order valence-electron chi connectivity index (χ2n) is 7.40. The molecule has 0 spiro atoms. The van der Waals surface area contributed by atoms with Gasteiger partial charge in [-0.3, -0.25) is 4.72 Å². The average Bonchev–Trinajstić information content (AvgIpc) is 3.43. The number of nitrogens with one attached hydrogen (secondary N) is 1. The first-order valence-electron chi connectivity index (χ1n) is 9.93. The smallest absolute Gasteiger partial charge is 0.262 e. The third-order valence-corrected chi connectivity index (χ3v) is 7.74. The molecule has 156 valence electrons. The molecule has 1 fully saturated rings. The molecule has 3 heterocycles. The fourth-order valence-corrected chi connectivity index (χ4v) is 5.81. The number of hydrogen-bond donors (Lipinski definition) is 1. The highest BCUT2D eigenvalue weighted by Gasteiger charge is 2.19. The lowest BCUT2D eigenvalue weighted by atomic mass is 10.1. The van der Waals surface area contributed by atoms with E-state index in [1.165, 1.54) is 16.4 Å². The minimum Gasteiger partial charge on any atom is -0.367 e. The number of nitrogens with zero attached hydrogens (tertiary/aromatic N) is 5. The van der Waals surface area contributed by atoms with E-state index in [0.29, 0.717) is 11.6 Å². The second kappa shape index (κ2) is 7.92. The predicted molar refractivity (Wildman–Crippen MR) is 118 cm³/mol. The fourth-order valence-electron chi connectivity index (χ4n) is 3.83. The SMILES string of the molecule is O=S(=O)(Nc1cnn(-c2ncc(N3CCSCC3)cn2)c1)c1ccc2c(c1)CCC2. The van der Waals surface area contributed by atoms with Crippen molar-refractivity contribution < 1.29 is 8.42 Å². The van der Waals surface area contributed by atoms with Crippen molar-refractivity contribution >= 4 is 33.2 Å². The topological polar surface area (TPSA) is 93.0 Å². The summed E-state index contributed by atoms with van der Waals surface area (Å²) in [4.78, 5) is 11.3. The number of aryl methyl sites for hydroxylation is 2. The first-order chi connectivity index (χ1) is 14.6. The zero-order valence-corrected chi connectivity index (χ0v) is 18.0. The molecule has 3 aromatic rings. The highest BCUT2D eigenvalue weighted by molar-refractivity contribution is 7.99. The number of sulfonamides is 1. The van der Waals surface area contributed by atoms with Crippen LogP contribution >= 0.6 is 11.8 Å². The molecule has 30 heavy (non-hydrogen) atoms. The van der Waals surface area contributed by atoms with Gasteiger partial charge in [0.2, 0.25) is 0 Å². The van der Waals surface area contributed by atoms with E-state index >= 15 is 0 Å². The van der Waals surface area contributed by atoms with Gasteiger partial charge in [0.1, 0.15) is 0 Å². The molecule has 5 rings (SSSR count). The largest absolute Gasteiger partial charge is 0.367 e. The average molecular weight is 443 g/mol. The van der Waals surface area contributed by atoms with Gasteiger partial charge in [-0.15, -0.1) is 0 Å². The van der Waals surface area contributed by atoms with Crippen molar-refractivity contribution in [3.63, 3.8) is 0 Å². The van der Waals surface area contributed by atoms with Crippen molar-refractivity contribution in [1.29, 1.82) is 0 Å². The van der Waals surface area contributed by atoms with Gasteiger partial charge in [-0.1, -0.05) is 6.07 Å². The number of thioether (sulfide) groups is 1. The summed E-state index contributed by atoms with van der Waals surface area (Å²) >= 11 is 1.95. The summed E-state index contributed by atoms with van der Waals surface area (Å²) in [7, 11) is -3.68. The van der Waals surface area contributed by atoms with E-state index in [9.17, 15) is 8.42 Å². The third kappa shape index (κ3) is 3.89. The summed E-state index contributed by atoms with van der Waals surface area (Å²) in [5.41, 5.74) is 3.72. The van der Waals surface area contributed by atoms with Crippen LogP contribution in [0.4, 0.5) is 11.4 Å². The monoisotopic (exact) mass is 442 g/mol. The summed E-state index contributed by atoms with van der Waals surface area (Å²) in [6.45, 7) is 1.98. The lowest BCUT2D eigenvalue weighted by molar-refractivity contribution is 0.601. The van der Waals surface area contributed by atoms with E-state index in [2.05, 4.69) is 24.7 Å². The molecule has 0 bridgehead atoms. The van der Waals surface area contributed by atoms with Crippen LogP contribution in [0, 0.1) is 0 Å². The van der Waals surface area contributed by atoms with Crippen molar-refractivity contribution in [2.24, 2.45) is 0 Å². The van der Waals surface area contributed by atoms with Gasteiger partial charge in [0, 0.05) is 24.6 Å². The Morgan fingerprint density at radius 1 is 1.00 bits per heavy atom. The highest BCUT2D eigenvalue weighted by Crippen LogP contribution is 2.26. The zero-order chi connectivity index (χ0) is 20.6. The van der Waals surface area contributed by atoms with E-state index in [1.807, 2.05) is 17.8 Å². The zero-order valence-electron chi connectivity index (χ0n) is 16.4. The molecule has 8 nitrogen and oxygen atoms in total. The Labute approximate surface area is 179 Å².